The second-order valence-corrected chi connectivity index (χ2v) is 4.76. The molecule has 0 aliphatic rings. The third kappa shape index (κ3) is 3.91. The monoisotopic (exact) mass is 274 g/mol. The van der Waals surface area contributed by atoms with Gasteiger partial charge in [-0.05, 0) is 26.3 Å². The number of rotatable bonds is 5. The number of aromatic nitrogens is 2. The molecule has 106 valence electrons. The van der Waals surface area contributed by atoms with Gasteiger partial charge in [-0.2, -0.15) is 4.98 Å². The van der Waals surface area contributed by atoms with Crippen LogP contribution in [0.1, 0.15) is 35.3 Å². The van der Waals surface area contributed by atoms with Crippen LogP contribution >= 0.6 is 0 Å². The molecule has 2 aromatic rings. The molecule has 1 heterocycles. The summed E-state index contributed by atoms with van der Waals surface area (Å²) in [4.78, 5) is 15.5. The number of aryl methyl sites for hydroxylation is 2. The molecule has 20 heavy (non-hydrogen) atoms. The van der Waals surface area contributed by atoms with Crippen LogP contribution in [0.15, 0.2) is 22.7 Å². The Kier molecular flexibility index (Phi) is 4.50. The molecule has 0 aliphatic heterocycles. The third-order valence-corrected chi connectivity index (χ3v) is 2.75. The molecule has 5 heteroatoms. The third-order valence-electron chi connectivity index (χ3n) is 2.75. The summed E-state index contributed by atoms with van der Waals surface area (Å²) in [7, 11) is 0. The highest BCUT2D eigenvalue weighted by molar-refractivity contribution is 5.71. The normalized spacial score (nSPS) is 10.6. The first kappa shape index (κ1) is 14.2. The van der Waals surface area contributed by atoms with Crippen molar-refractivity contribution in [2.45, 2.75) is 33.6 Å². The van der Waals surface area contributed by atoms with Crippen LogP contribution in [0, 0.1) is 13.8 Å². The van der Waals surface area contributed by atoms with Gasteiger partial charge in [-0.15, -0.1) is 0 Å². The fourth-order valence-corrected chi connectivity index (χ4v) is 2.12. The van der Waals surface area contributed by atoms with Gasteiger partial charge in [-0.3, -0.25) is 4.79 Å². The SMILES string of the molecule is CCOC(=O)Cc1nc(Cc2cc(C)cc(C)c2)no1. The lowest BCUT2D eigenvalue weighted by Gasteiger charge is -2.01. The summed E-state index contributed by atoms with van der Waals surface area (Å²) in [5.74, 6) is 0.520. The number of ether oxygens (including phenoxy) is 1. The summed E-state index contributed by atoms with van der Waals surface area (Å²) < 4.78 is 9.89. The largest absolute Gasteiger partial charge is 0.466 e. The molecule has 0 saturated carbocycles. The zero-order chi connectivity index (χ0) is 14.5. The Balaban J connectivity index is 2.03. The van der Waals surface area contributed by atoms with Gasteiger partial charge in [0.2, 0.25) is 5.89 Å². The van der Waals surface area contributed by atoms with Crippen molar-refractivity contribution >= 4 is 5.97 Å². The molecule has 5 nitrogen and oxygen atoms in total. The predicted octanol–water partition coefficient (Wildman–Crippen LogP) is 2.38. The minimum absolute atomic E-state index is 0.0215. The number of esters is 1. The smallest absolute Gasteiger partial charge is 0.315 e. The molecule has 0 atom stereocenters. The van der Waals surface area contributed by atoms with Crippen molar-refractivity contribution in [2.75, 3.05) is 6.61 Å². The first-order valence-corrected chi connectivity index (χ1v) is 6.61. The molecule has 0 bridgehead atoms. The summed E-state index contributed by atoms with van der Waals surface area (Å²) in [6, 6.07) is 6.30. The molecule has 1 aromatic heterocycles. The maximum Gasteiger partial charge on any atom is 0.315 e. The van der Waals surface area contributed by atoms with Crippen LogP contribution in [-0.2, 0) is 22.4 Å². The maximum absolute atomic E-state index is 11.3. The van der Waals surface area contributed by atoms with E-state index in [4.69, 9.17) is 9.26 Å². The average Bonchev–Trinajstić information content (AvgIpc) is 2.75. The Labute approximate surface area is 118 Å². The lowest BCUT2D eigenvalue weighted by molar-refractivity contribution is -0.142. The van der Waals surface area contributed by atoms with E-state index in [0.717, 1.165) is 5.56 Å². The van der Waals surface area contributed by atoms with Crippen molar-refractivity contribution in [3.8, 4) is 0 Å². The highest BCUT2D eigenvalue weighted by atomic mass is 16.5. The summed E-state index contributed by atoms with van der Waals surface area (Å²) in [6.07, 6.45) is 0.614. The molecule has 0 fully saturated rings. The Morgan fingerprint density at radius 3 is 2.60 bits per heavy atom. The number of hydrogen-bond acceptors (Lipinski definition) is 5. The van der Waals surface area contributed by atoms with Crippen molar-refractivity contribution < 1.29 is 14.1 Å². The first-order chi connectivity index (χ1) is 9.56. The van der Waals surface area contributed by atoms with Crippen molar-refractivity contribution in [2.24, 2.45) is 0 Å². The molecular weight excluding hydrogens is 256 g/mol. The summed E-state index contributed by atoms with van der Waals surface area (Å²) in [6.45, 7) is 6.22. The molecule has 0 unspecified atom stereocenters. The van der Waals surface area contributed by atoms with Crippen molar-refractivity contribution in [3.05, 3.63) is 46.6 Å². The number of hydrogen-bond donors (Lipinski definition) is 0. The van der Waals surface area contributed by atoms with Crippen molar-refractivity contribution in [1.29, 1.82) is 0 Å². The summed E-state index contributed by atoms with van der Waals surface area (Å²) in [5.41, 5.74) is 3.54. The highest BCUT2D eigenvalue weighted by Crippen LogP contribution is 2.12. The molecular formula is C15H18N2O3. The van der Waals surface area contributed by atoms with Gasteiger partial charge in [0.15, 0.2) is 5.82 Å². The molecule has 0 spiro atoms. The minimum atomic E-state index is -0.353. The van der Waals surface area contributed by atoms with E-state index < -0.39 is 0 Å². The van der Waals surface area contributed by atoms with Gasteiger partial charge in [-0.1, -0.05) is 34.5 Å². The van der Waals surface area contributed by atoms with Gasteiger partial charge >= 0.3 is 5.97 Å². The van der Waals surface area contributed by atoms with Crippen molar-refractivity contribution in [1.82, 2.24) is 10.1 Å². The van der Waals surface area contributed by atoms with Crippen LogP contribution in [0.4, 0.5) is 0 Å². The lowest BCUT2D eigenvalue weighted by atomic mass is 10.1. The first-order valence-electron chi connectivity index (χ1n) is 6.61. The Hall–Kier alpha value is -2.17. The Morgan fingerprint density at radius 1 is 1.25 bits per heavy atom. The van der Waals surface area contributed by atoms with E-state index in [0.29, 0.717) is 24.7 Å². The summed E-state index contributed by atoms with van der Waals surface area (Å²) >= 11 is 0. The van der Waals surface area contributed by atoms with Gasteiger partial charge in [0.25, 0.3) is 0 Å². The zero-order valence-corrected chi connectivity index (χ0v) is 12.0. The highest BCUT2D eigenvalue weighted by Gasteiger charge is 2.12. The van der Waals surface area contributed by atoms with Crippen LogP contribution in [-0.4, -0.2) is 22.7 Å². The number of nitrogens with zero attached hydrogens (tertiary/aromatic N) is 2. The van der Waals surface area contributed by atoms with Crippen LogP contribution in [0.5, 0.6) is 0 Å². The van der Waals surface area contributed by atoms with Crippen LogP contribution in [0.25, 0.3) is 0 Å². The molecule has 0 saturated heterocycles. The molecule has 0 aliphatic carbocycles. The number of carbonyl (C=O) groups excluding carboxylic acids is 1. The van der Waals surface area contributed by atoms with Crippen LogP contribution in [0.2, 0.25) is 0 Å². The molecule has 1 aromatic carbocycles. The Bertz CT molecular complexity index is 585. The number of benzene rings is 1. The van der Waals surface area contributed by atoms with E-state index in [9.17, 15) is 4.79 Å². The quantitative estimate of drug-likeness (QED) is 0.783. The maximum atomic E-state index is 11.3. The zero-order valence-electron chi connectivity index (χ0n) is 12.0. The fourth-order valence-electron chi connectivity index (χ4n) is 2.12. The van der Waals surface area contributed by atoms with Crippen molar-refractivity contribution in [3.63, 3.8) is 0 Å². The second kappa shape index (κ2) is 6.32. The standard InChI is InChI=1S/C15H18N2O3/c1-4-19-15(18)9-14-16-13(17-20-14)8-12-6-10(2)5-11(3)7-12/h5-7H,4,8-9H2,1-3H3. The predicted molar refractivity (Wildman–Crippen MR) is 73.4 cm³/mol. The second-order valence-electron chi connectivity index (χ2n) is 4.76. The van der Waals surface area contributed by atoms with E-state index in [1.807, 2.05) is 0 Å². The van der Waals surface area contributed by atoms with Gasteiger partial charge < -0.3 is 9.26 Å². The fraction of sp³-hybridized carbons (Fsp3) is 0.400. The lowest BCUT2D eigenvalue weighted by Crippen LogP contribution is -2.07. The molecule has 0 amide bonds. The molecule has 2 rings (SSSR count). The van der Waals surface area contributed by atoms with Crippen LogP contribution < -0.4 is 0 Å². The van der Waals surface area contributed by atoms with E-state index in [2.05, 4.69) is 42.2 Å². The minimum Gasteiger partial charge on any atom is -0.466 e. The average molecular weight is 274 g/mol. The van der Waals surface area contributed by atoms with E-state index in [1.54, 1.807) is 6.92 Å². The van der Waals surface area contributed by atoms with E-state index >= 15 is 0 Å². The molecule has 0 radical (unpaired) electrons. The molecule has 0 N–H and O–H groups in total. The van der Waals surface area contributed by atoms with Gasteiger partial charge in [0, 0.05) is 6.42 Å². The van der Waals surface area contributed by atoms with Gasteiger partial charge in [0.05, 0.1) is 6.61 Å². The Morgan fingerprint density at radius 2 is 1.95 bits per heavy atom. The van der Waals surface area contributed by atoms with E-state index in [-0.39, 0.29) is 12.4 Å². The topological polar surface area (TPSA) is 65.2 Å². The van der Waals surface area contributed by atoms with E-state index in [1.165, 1.54) is 11.1 Å². The number of carbonyl (C=O) groups is 1. The van der Waals surface area contributed by atoms with Gasteiger partial charge in [-0.25, -0.2) is 0 Å². The van der Waals surface area contributed by atoms with Crippen LogP contribution in [0.3, 0.4) is 0 Å². The summed E-state index contributed by atoms with van der Waals surface area (Å²) in [5, 5.41) is 3.89. The van der Waals surface area contributed by atoms with Gasteiger partial charge in [0.1, 0.15) is 6.42 Å².